The number of nitrogens with one attached hydrogen (secondary N) is 2. The van der Waals surface area contributed by atoms with Gasteiger partial charge in [-0.3, -0.25) is 0 Å². The molecule has 180 valence electrons. The van der Waals surface area contributed by atoms with Crippen molar-refractivity contribution in [3.63, 3.8) is 0 Å². The quantitative estimate of drug-likeness (QED) is 0.379. The molecule has 3 rings (SSSR count). The standard InChI is InChI=1S/C24H27Cl2N5O3/c1-15(24(2,3)33)29-22-27-13-12-21(30-22)31(16-8-10-17(34-4)11-9-16)23(32)28-14-18-19(25)6-5-7-20(18)26/h5-13,15,33H,14H2,1-4H3,(H,28,32)(H,27,29,30)/t15-/m0/s1. The van der Waals surface area contributed by atoms with Gasteiger partial charge in [0.25, 0.3) is 0 Å². The van der Waals surface area contributed by atoms with E-state index in [0.29, 0.717) is 32.9 Å². The van der Waals surface area contributed by atoms with E-state index in [1.54, 1.807) is 69.5 Å². The van der Waals surface area contributed by atoms with Gasteiger partial charge in [0.15, 0.2) is 0 Å². The first-order valence-corrected chi connectivity index (χ1v) is 11.3. The summed E-state index contributed by atoms with van der Waals surface area (Å²) in [7, 11) is 1.57. The van der Waals surface area contributed by atoms with Gasteiger partial charge >= 0.3 is 6.03 Å². The molecule has 1 atom stereocenters. The molecule has 0 bridgehead atoms. The molecule has 1 aromatic heterocycles. The summed E-state index contributed by atoms with van der Waals surface area (Å²) in [5, 5.41) is 17.1. The molecule has 0 aliphatic heterocycles. The maximum absolute atomic E-state index is 13.4. The number of aromatic nitrogens is 2. The Bertz CT molecular complexity index is 1120. The van der Waals surface area contributed by atoms with Crippen LogP contribution in [-0.4, -0.2) is 39.9 Å². The van der Waals surface area contributed by atoms with Crippen molar-refractivity contribution in [3.05, 3.63) is 70.3 Å². The summed E-state index contributed by atoms with van der Waals surface area (Å²) >= 11 is 12.5. The van der Waals surface area contributed by atoms with Crippen LogP contribution in [0.4, 0.5) is 22.2 Å². The van der Waals surface area contributed by atoms with Gasteiger partial charge in [-0.1, -0.05) is 29.3 Å². The third kappa shape index (κ3) is 6.28. The average molecular weight is 504 g/mol. The van der Waals surface area contributed by atoms with Crippen LogP contribution in [0.2, 0.25) is 10.0 Å². The summed E-state index contributed by atoms with van der Waals surface area (Å²) in [5.74, 6) is 1.25. The van der Waals surface area contributed by atoms with Gasteiger partial charge in [0, 0.05) is 34.4 Å². The number of hydrogen-bond acceptors (Lipinski definition) is 6. The van der Waals surface area contributed by atoms with E-state index in [9.17, 15) is 9.90 Å². The van der Waals surface area contributed by atoms with Crippen LogP contribution >= 0.6 is 23.2 Å². The lowest BCUT2D eigenvalue weighted by Crippen LogP contribution is -2.40. The number of rotatable bonds is 8. The minimum atomic E-state index is -0.999. The Balaban J connectivity index is 1.92. The highest BCUT2D eigenvalue weighted by atomic mass is 35.5. The zero-order chi connectivity index (χ0) is 24.9. The Hall–Kier alpha value is -3.07. The van der Waals surface area contributed by atoms with Gasteiger partial charge in [-0.2, -0.15) is 4.98 Å². The van der Waals surface area contributed by atoms with Crippen molar-refractivity contribution < 1.29 is 14.6 Å². The summed E-state index contributed by atoms with van der Waals surface area (Å²) in [5.41, 5.74) is 0.169. The van der Waals surface area contributed by atoms with Crippen molar-refractivity contribution in [2.24, 2.45) is 0 Å². The molecule has 34 heavy (non-hydrogen) atoms. The molecule has 8 nitrogen and oxygen atoms in total. The topological polar surface area (TPSA) is 99.6 Å². The van der Waals surface area contributed by atoms with Gasteiger partial charge < -0.3 is 20.5 Å². The summed E-state index contributed by atoms with van der Waals surface area (Å²) in [6, 6.07) is 13.0. The van der Waals surface area contributed by atoms with Gasteiger partial charge in [-0.15, -0.1) is 0 Å². The molecule has 2 amide bonds. The van der Waals surface area contributed by atoms with Gasteiger partial charge in [-0.05, 0) is 57.2 Å². The van der Waals surface area contributed by atoms with E-state index in [1.807, 2.05) is 6.92 Å². The highest BCUT2D eigenvalue weighted by Crippen LogP contribution is 2.28. The second-order valence-electron chi connectivity index (χ2n) is 8.15. The lowest BCUT2D eigenvalue weighted by Gasteiger charge is -2.27. The van der Waals surface area contributed by atoms with Gasteiger partial charge in [-0.25, -0.2) is 14.7 Å². The Morgan fingerprint density at radius 1 is 1.15 bits per heavy atom. The molecule has 0 aliphatic carbocycles. The molecular weight excluding hydrogens is 477 g/mol. The van der Waals surface area contributed by atoms with E-state index in [0.717, 1.165) is 0 Å². The number of benzene rings is 2. The molecule has 0 fully saturated rings. The number of carbonyl (C=O) groups is 1. The molecule has 0 radical (unpaired) electrons. The van der Waals surface area contributed by atoms with Crippen LogP contribution in [-0.2, 0) is 6.54 Å². The predicted molar refractivity (Wildman–Crippen MR) is 135 cm³/mol. The Morgan fingerprint density at radius 2 is 1.79 bits per heavy atom. The normalized spacial score (nSPS) is 12.1. The van der Waals surface area contributed by atoms with E-state index in [4.69, 9.17) is 27.9 Å². The maximum atomic E-state index is 13.4. The lowest BCUT2D eigenvalue weighted by molar-refractivity contribution is 0.0646. The molecule has 0 saturated carbocycles. The van der Waals surface area contributed by atoms with E-state index in [-0.39, 0.29) is 18.5 Å². The van der Waals surface area contributed by atoms with Crippen LogP contribution in [0.15, 0.2) is 54.7 Å². The molecule has 2 aromatic carbocycles. The Labute approximate surface area is 208 Å². The van der Waals surface area contributed by atoms with Crippen molar-refractivity contribution in [2.45, 2.75) is 39.0 Å². The summed E-state index contributed by atoms with van der Waals surface area (Å²) < 4.78 is 5.23. The molecule has 1 heterocycles. The fraction of sp³-hybridized carbons (Fsp3) is 0.292. The van der Waals surface area contributed by atoms with Crippen molar-refractivity contribution >= 4 is 46.7 Å². The van der Waals surface area contributed by atoms with Crippen LogP contribution < -0.4 is 20.3 Å². The highest BCUT2D eigenvalue weighted by Gasteiger charge is 2.24. The SMILES string of the molecule is COc1ccc(N(C(=O)NCc2c(Cl)cccc2Cl)c2ccnc(N[C@@H](C)C(C)(C)O)n2)cc1. The molecule has 0 aliphatic rings. The van der Waals surface area contributed by atoms with Crippen LogP contribution in [0.1, 0.15) is 26.3 Å². The van der Waals surface area contributed by atoms with Crippen LogP contribution in [0.5, 0.6) is 5.75 Å². The number of anilines is 3. The van der Waals surface area contributed by atoms with E-state index in [2.05, 4.69) is 20.6 Å². The van der Waals surface area contributed by atoms with E-state index in [1.165, 1.54) is 11.1 Å². The third-order valence-corrected chi connectivity index (χ3v) is 6.00. The second-order valence-corrected chi connectivity index (χ2v) is 8.96. The van der Waals surface area contributed by atoms with Gasteiger partial charge in [0.1, 0.15) is 11.6 Å². The first-order chi connectivity index (χ1) is 16.1. The maximum Gasteiger partial charge on any atom is 0.327 e. The first-order valence-electron chi connectivity index (χ1n) is 10.6. The third-order valence-electron chi connectivity index (χ3n) is 5.29. The number of urea groups is 1. The zero-order valence-electron chi connectivity index (χ0n) is 19.3. The van der Waals surface area contributed by atoms with Crippen LogP contribution in [0.25, 0.3) is 0 Å². The van der Waals surface area contributed by atoms with Gasteiger partial charge in [0.2, 0.25) is 5.95 Å². The number of halogens is 2. The zero-order valence-corrected chi connectivity index (χ0v) is 20.9. The summed E-state index contributed by atoms with van der Waals surface area (Å²) in [4.78, 5) is 23.5. The predicted octanol–water partition coefficient (Wildman–Crippen LogP) is 5.41. The number of aliphatic hydroxyl groups is 1. The Morgan fingerprint density at radius 3 is 2.38 bits per heavy atom. The van der Waals surface area contributed by atoms with E-state index >= 15 is 0 Å². The smallest absolute Gasteiger partial charge is 0.327 e. The molecule has 0 unspecified atom stereocenters. The fourth-order valence-corrected chi connectivity index (χ4v) is 3.47. The minimum absolute atomic E-state index is 0.121. The number of hydrogen-bond donors (Lipinski definition) is 3. The van der Waals surface area contributed by atoms with E-state index < -0.39 is 11.6 Å². The molecule has 3 aromatic rings. The molecule has 0 spiro atoms. The number of nitrogens with zero attached hydrogens (tertiary/aromatic N) is 3. The lowest BCUT2D eigenvalue weighted by atomic mass is 10.0. The highest BCUT2D eigenvalue weighted by molar-refractivity contribution is 6.36. The minimum Gasteiger partial charge on any atom is -0.497 e. The number of carbonyl (C=O) groups excluding carboxylic acids is 1. The number of methoxy groups -OCH3 is 1. The van der Waals surface area contributed by atoms with Crippen molar-refractivity contribution in [1.82, 2.24) is 15.3 Å². The molecule has 3 N–H and O–H groups in total. The summed E-state index contributed by atoms with van der Waals surface area (Å²) in [6.07, 6.45) is 1.54. The second kappa shape index (κ2) is 10.9. The van der Waals surface area contributed by atoms with Crippen molar-refractivity contribution in [1.29, 1.82) is 0 Å². The van der Waals surface area contributed by atoms with Crippen LogP contribution in [0, 0.1) is 0 Å². The largest absolute Gasteiger partial charge is 0.497 e. The molecular formula is C24H27Cl2N5O3. The molecule has 0 saturated heterocycles. The van der Waals surface area contributed by atoms with Crippen molar-refractivity contribution in [2.75, 3.05) is 17.3 Å². The number of ether oxygens (including phenoxy) is 1. The van der Waals surface area contributed by atoms with Gasteiger partial charge in [0.05, 0.1) is 24.4 Å². The average Bonchev–Trinajstić information content (AvgIpc) is 2.79. The summed E-state index contributed by atoms with van der Waals surface area (Å²) in [6.45, 7) is 5.31. The van der Waals surface area contributed by atoms with Crippen molar-refractivity contribution in [3.8, 4) is 5.75 Å². The van der Waals surface area contributed by atoms with Crippen LogP contribution in [0.3, 0.4) is 0 Å². The molecule has 10 heteroatoms. The number of amides is 2. The fourth-order valence-electron chi connectivity index (χ4n) is 2.94. The Kier molecular flexibility index (Phi) is 8.19. The monoisotopic (exact) mass is 503 g/mol. The first kappa shape index (κ1) is 25.6.